The number of fused-ring (bicyclic) bond motifs is 1. The van der Waals surface area contributed by atoms with Gasteiger partial charge in [0.05, 0.1) is 15.1 Å². The number of rotatable bonds is 4. The van der Waals surface area contributed by atoms with Crippen molar-refractivity contribution in [2.24, 2.45) is 0 Å². The van der Waals surface area contributed by atoms with Gasteiger partial charge in [-0.2, -0.15) is 4.31 Å². The van der Waals surface area contributed by atoms with Crippen LogP contribution in [0.25, 0.3) is 16.3 Å². The number of thiazole rings is 1. The summed E-state index contributed by atoms with van der Waals surface area (Å²) in [6.07, 6.45) is 3.23. The molecule has 1 saturated heterocycles. The molecule has 6 nitrogen and oxygen atoms in total. The predicted molar refractivity (Wildman–Crippen MR) is 118 cm³/mol. The third kappa shape index (κ3) is 4.42. The van der Waals surface area contributed by atoms with Gasteiger partial charge in [-0.15, -0.1) is 11.3 Å². The number of hydrogen-bond acceptors (Lipinski definition) is 5. The second-order valence-electron chi connectivity index (χ2n) is 6.54. The Hall–Kier alpha value is -2.07. The molecular formula is C20H18BrN3O3S2. The Morgan fingerprint density at radius 3 is 2.55 bits per heavy atom. The molecule has 0 spiro atoms. The second-order valence-corrected chi connectivity index (χ2v) is 10.5. The van der Waals surface area contributed by atoms with Crippen LogP contribution < -0.4 is 0 Å². The molecule has 3 aromatic rings. The molecule has 150 valence electrons. The molecular weight excluding hydrogens is 474 g/mol. The number of nitrogens with zero attached hydrogens (tertiary/aromatic N) is 3. The molecule has 1 amide bonds. The molecule has 0 aliphatic carbocycles. The van der Waals surface area contributed by atoms with E-state index in [2.05, 4.69) is 20.9 Å². The summed E-state index contributed by atoms with van der Waals surface area (Å²) in [5, 5.41) is 0.774. The number of para-hydroxylation sites is 1. The zero-order valence-corrected chi connectivity index (χ0v) is 18.6. The van der Waals surface area contributed by atoms with Crippen molar-refractivity contribution < 1.29 is 13.2 Å². The summed E-state index contributed by atoms with van der Waals surface area (Å²) in [5.41, 5.74) is 0.913. The first-order valence-electron chi connectivity index (χ1n) is 9.02. The van der Waals surface area contributed by atoms with Crippen molar-refractivity contribution in [2.75, 3.05) is 26.2 Å². The van der Waals surface area contributed by atoms with Gasteiger partial charge in [-0.05, 0) is 36.4 Å². The molecule has 2 heterocycles. The van der Waals surface area contributed by atoms with Crippen molar-refractivity contribution in [1.82, 2.24) is 14.2 Å². The monoisotopic (exact) mass is 491 g/mol. The van der Waals surface area contributed by atoms with Crippen LogP contribution in [0.2, 0.25) is 0 Å². The SMILES string of the molecule is O=C(/C=C/c1nc2ccccc2s1)N1CCN(S(=O)(=O)c2cccc(Br)c2)CC1. The summed E-state index contributed by atoms with van der Waals surface area (Å²) >= 11 is 4.84. The number of carbonyl (C=O) groups excluding carboxylic acids is 1. The van der Waals surface area contributed by atoms with E-state index in [4.69, 9.17) is 0 Å². The Morgan fingerprint density at radius 2 is 1.83 bits per heavy atom. The highest BCUT2D eigenvalue weighted by Gasteiger charge is 2.29. The second kappa shape index (κ2) is 8.35. The minimum Gasteiger partial charge on any atom is -0.337 e. The highest BCUT2D eigenvalue weighted by molar-refractivity contribution is 9.10. The maximum atomic E-state index is 12.8. The molecule has 4 rings (SSSR count). The van der Waals surface area contributed by atoms with Gasteiger partial charge >= 0.3 is 0 Å². The fourth-order valence-corrected chi connectivity index (χ4v) is 6.02. The molecule has 0 N–H and O–H groups in total. The quantitative estimate of drug-likeness (QED) is 0.522. The van der Waals surface area contributed by atoms with Crippen LogP contribution >= 0.6 is 27.3 Å². The maximum Gasteiger partial charge on any atom is 0.246 e. The molecule has 1 aromatic heterocycles. The van der Waals surface area contributed by atoms with E-state index < -0.39 is 10.0 Å². The molecule has 0 unspecified atom stereocenters. The Bertz CT molecular complexity index is 1150. The number of aromatic nitrogens is 1. The van der Waals surface area contributed by atoms with Crippen molar-refractivity contribution >= 4 is 59.5 Å². The lowest BCUT2D eigenvalue weighted by atomic mass is 10.3. The van der Waals surface area contributed by atoms with Crippen LogP contribution in [0.15, 0.2) is 64.0 Å². The highest BCUT2D eigenvalue weighted by atomic mass is 79.9. The number of piperazine rings is 1. The van der Waals surface area contributed by atoms with E-state index in [1.54, 1.807) is 35.2 Å². The van der Waals surface area contributed by atoms with Crippen LogP contribution in [0.3, 0.4) is 0 Å². The van der Waals surface area contributed by atoms with Crippen molar-refractivity contribution in [1.29, 1.82) is 0 Å². The Kier molecular flexibility index (Phi) is 5.82. The van der Waals surface area contributed by atoms with E-state index in [-0.39, 0.29) is 23.9 Å². The molecule has 1 aliphatic rings. The predicted octanol–water partition coefficient (Wildman–Crippen LogP) is 3.61. The maximum absolute atomic E-state index is 12.8. The summed E-state index contributed by atoms with van der Waals surface area (Å²) in [6.45, 7) is 1.26. The van der Waals surface area contributed by atoms with E-state index in [0.717, 1.165) is 15.2 Å². The van der Waals surface area contributed by atoms with Crippen molar-refractivity contribution in [3.63, 3.8) is 0 Å². The highest BCUT2D eigenvalue weighted by Crippen LogP contribution is 2.23. The first-order chi connectivity index (χ1) is 13.9. The van der Waals surface area contributed by atoms with Crippen molar-refractivity contribution in [3.8, 4) is 0 Å². The summed E-state index contributed by atoms with van der Waals surface area (Å²) in [6, 6.07) is 14.5. The van der Waals surface area contributed by atoms with Crippen LogP contribution in [0.5, 0.6) is 0 Å². The van der Waals surface area contributed by atoms with Gasteiger partial charge in [-0.25, -0.2) is 13.4 Å². The smallest absolute Gasteiger partial charge is 0.246 e. The van der Waals surface area contributed by atoms with Gasteiger partial charge < -0.3 is 4.90 Å². The van der Waals surface area contributed by atoms with E-state index >= 15 is 0 Å². The van der Waals surface area contributed by atoms with E-state index in [9.17, 15) is 13.2 Å². The molecule has 2 aromatic carbocycles. The average molecular weight is 492 g/mol. The third-order valence-electron chi connectivity index (χ3n) is 4.66. The standard InChI is InChI=1S/C20H18BrN3O3S2/c21-15-4-3-5-16(14-15)29(26,27)24-12-10-23(11-13-24)20(25)9-8-19-22-17-6-1-2-7-18(17)28-19/h1-9,14H,10-13H2/b9-8+. The van der Waals surface area contributed by atoms with Crippen LogP contribution in [0, 0.1) is 0 Å². The molecule has 1 fully saturated rings. The first kappa shape index (κ1) is 20.2. The van der Waals surface area contributed by atoms with E-state index in [0.29, 0.717) is 17.6 Å². The number of hydrogen-bond donors (Lipinski definition) is 0. The van der Waals surface area contributed by atoms with E-state index in [1.165, 1.54) is 21.7 Å². The molecule has 0 saturated carbocycles. The Balaban J connectivity index is 1.39. The number of halogens is 1. The molecule has 1 aliphatic heterocycles. The minimum atomic E-state index is -3.56. The summed E-state index contributed by atoms with van der Waals surface area (Å²) in [5.74, 6) is -0.135. The Morgan fingerprint density at radius 1 is 1.07 bits per heavy atom. The molecule has 29 heavy (non-hydrogen) atoms. The lowest BCUT2D eigenvalue weighted by Gasteiger charge is -2.33. The minimum absolute atomic E-state index is 0.135. The summed E-state index contributed by atoms with van der Waals surface area (Å²) < 4.78 is 28.8. The normalized spacial score (nSPS) is 16.0. The van der Waals surface area contributed by atoms with Gasteiger partial charge in [-0.3, -0.25) is 4.79 Å². The number of carbonyl (C=O) groups is 1. The average Bonchev–Trinajstić information content (AvgIpc) is 3.15. The number of benzene rings is 2. The van der Waals surface area contributed by atoms with Gasteiger partial charge in [0.2, 0.25) is 15.9 Å². The van der Waals surface area contributed by atoms with Gasteiger partial charge in [-0.1, -0.05) is 34.1 Å². The molecule has 9 heteroatoms. The summed E-state index contributed by atoms with van der Waals surface area (Å²) in [4.78, 5) is 18.9. The molecule has 0 atom stereocenters. The number of amides is 1. The topological polar surface area (TPSA) is 70.6 Å². The molecule has 0 bridgehead atoms. The van der Waals surface area contributed by atoms with Gasteiger partial charge in [0.1, 0.15) is 5.01 Å². The van der Waals surface area contributed by atoms with Crippen LogP contribution in [0.4, 0.5) is 0 Å². The third-order valence-corrected chi connectivity index (χ3v) is 8.05. The van der Waals surface area contributed by atoms with Crippen LogP contribution in [0.1, 0.15) is 5.01 Å². The number of sulfonamides is 1. The lowest BCUT2D eigenvalue weighted by molar-refractivity contribution is -0.127. The fourth-order valence-electron chi connectivity index (χ4n) is 3.13. The van der Waals surface area contributed by atoms with E-state index in [1.807, 2.05) is 24.3 Å². The lowest BCUT2D eigenvalue weighted by Crippen LogP contribution is -2.50. The van der Waals surface area contributed by atoms with Gasteiger partial charge in [0.15, 0.2) is 0 Å². The zero-order chi connectivity index (χ0) is 20.4. The van der Waals surface area contributed by atoms with Gasteiger partial charge in [0.25, 0.3) is 0 Å². The summed E-state index contributed by atoms with van der Waals surface area (Å²) in [7, 11) is -3.56. The van der Waals surface area contributed by atoms with Crippen molar-refractivity contribution in [2.45, 2.75) is 4.90 Å². The zero-order valence-electron chi connectivity index (χ0n) is 15.4. The molecule has 0 radical (unpaired) electrons. The van der Waals surface area contributed by atoms with Gasteiger partial charge in [0, 0.05) is 36.7 Å². The fraction of sp³-hybridized carbons (Fsp3) is 0.200. The first-order valence-corrected chi connectivity index (χ1v) is 12.1. The Labute approximate surface area is 181 Å². The van der Waals surface area contributed by atoms with Crippen molar-refractivity contribution in [3.05, 3.63) is 64.1 Å². The largest absolute Gasteiger partial charge is 0.337 e. The van der Waals surface area contributed by atoms with Crippen LogP contribution in [-0.2, 0) is 14.8 Å². The van der Waals surface area contributed by atoms with Crippen LogP contribution in [-0.4, -0.2) is 54.7 Å².